The summed E-state index contributed by atoms with van der Waals surface area (Å²) < 4.78 is 22.6. The fourth-order valence-corrected chi connectivity index (χ4v) is 3.74. The molecule has 7 heteroatoms. The lowest BCUT2D eigenvalue weighted by Crippen LogP contribution is -2.06. The van der Waals surface area contributed by atoms with E-state index in [0.717, 1.165) is 24.5 Å². The lowest BCUT2D eigenvalue weighted by atomic mass is 10.2. The maximum atomic E-state index is 5.75. The summed E-state index contributed by atoms with van der Waals surface area (Å²) in [6.07, 6.45) is 1.21. The van der Waals surface area contributed by atoms with Gasteiger partial charge in [0.15, 0.2) is 8.67 Å². The second kappa shape index (κ2) is 13.4. The van der Waals surface area contributed by atoms with Crippen LogP contribution in [0.5, 0.6) is 5.75 Å². The van der Waals surface area contributed by atoms with Gasteiger partial charge in [0.2, 0.25) is 0 Å². The molecule has 0 aromatic heterocycles. The molecule has 0 saturated carbocycles. The Hall–Kier alpha value is -0.0531. The van der Waals surface area contributed by atoms with Crippen LogP contribution in [0, 0.1) is 0 Å². The lowest BCUT2D eigenvalue weighted by molar-refractivity contribution is 0.0615. The van der Waals surface area contributed by atoms with Gasteiger partial charge in [-0.3, -0.25) is 0 Å². The summed E-state index contributed by atoms with van der Waals surface area (Å²) in [4.78, 5) is 0. The fourth-order valence-electron chi connectivity index (χ4n) is 1.49. The number of ether oxygens (including phenoxy) is 3. The van der Waals surface area contributed by atoms with Gasteiger partial charge < -0.3 is 18.4 Å². The van der Waals surface area contributed by atoms with E-state index in [-0.39, 0.29) is 0 Å². The zero-order valence-corrected chi connectivity index (χ0v) is 16.5. The van der Waals surface area contributed by atoms with E-state index >= 15 is 0 Å². The van der Waals surface area contributed by atoms with Crippen molar-refractivity contribution in [1.29, 1.82) is 0 Å². The molecular weight excluding hydrogens is 384 g/mol. The summed E-state index contributed by atoms with van der Waals surface area (Å²) in [6, 6.07) is 7.19. The van der Waals surface area contributed by atoms with Gasteiger partial charge in [0.05, 0.1) is 30.9 Å². The highest BCUT2D eigenvalue weighted by Crippen LogP contribution is 2.26. The number of halogens is 1. The first-order valence-electron chi connectivity index (χ1n) is 7.27. The monoisotopic (exact) mass is 406 g/mol. The molecule has 0 saturated heterocycles. The minimum atomic E-state index is 0.538. The van der Waals surface area contributed by atoms with Crippen LogP contribution < -0.4 is 4.74 Å². The van der Waals surface area contributed by atoms with E-state index < -0.39 is 0 Å². The van der Waals surface area contributed by atoms with Crippen molar-refractivity contribution in [3.8, 4) is 5.75 Å². The Morgan fingerprint density at radius 3 is 2.82 bits per heavy atom. The predicted molar refractivity (Wildman–Crippen MR) is 95.6 cm³/mol. The zero-order valence-electron chi connectivity index (χ0n) is 13.1. The van der Waals surface area contributed by atoms with Gasteiger partial charge in [-0.15, -0.1) is 0 Å². The van der Waals surface area contributed by atoms with Crippen molar-refractivity contribution in [2.75, 3.05) is 33.5 Å². The van der Waals surface area contributed by atoms with Crippen LogP contribution in [0.3, 0.4) is 0 Å². The van der Waals surface area contributed by atoms with E-state index in [1.807, 2.05) is 18.2 Å². The molecule has 0 fully saturated rings. The fraction of sp³-hybridized carbons (Fsp3) is 0.600. The quantitative estimate of drug-likeness (QED) is 0.280. The number of hydrogen-bond acceptors (Lipinski definition) is 5. The van der Waals surface area contributed by atoms with E-state index in [0.29, 0.717) is 33.0 Å². The van der Waals surface area contributed by atoms with E-state index in [9.17, 15) is 0 Å². The minimum Gasteiger partial charge on any atom is -0.490 e. The van der Waals surface area contributed by atoms with Crippen molar-refractivity contribution in [2.24, 2.45) is 0 Å². The van der Waals surface area contributed by atoms with Crippen LogP contribution in [0.25, 0.3) is 0 Å². The Balaban J connectivity index is 2.26. The second-order valence-electron chi connectivity index (χ2n) is 4.46. The molecule has 22 heavy (non-hydrogen) atoms. The Labute approximate surface area is 148 Å². The Kier molecular flexibility index (Phi) is 12.2. The molecule has 0 unspecified atom stereocenters. The van der Waals surface area contributed by atoms with Crippen molar-refractivity contribution in [3.05, 3.63) is 28.2 Å². The molecule has 0 atom stereocenters. The van der Waals surface area contributed by atoms with Crippen molar-refractivity contribution in [2.45, 2.75) is 26.0 Å². The van der Waals surface area contributed by atoms with Gasteiger partial charge in [-0.1, -0.05) is 19.4 Å². The molecule has 4 nitrogen and oxygen atoms in total. The maximum absolute atomic E-state index is 5.75. The van der Waals surface area contributed by atoms with Gasteiger partial charge in [0.1, 0.15) is 12.4 Å². The zero-order chi connectivity index (χ0) is 16.0. The van der Waals surface area contributed by atoms with Gasteiger partial charge in [0, 0.05) is 7.11 Å². The van der Waals surface area contributed by atoms with Crippen LogP contribution in [-0.2, 0) is 20.3 Å². The third-order valence-electron chi connectivity index (χ3n) is 2.59. The van der Waals surface area contributed by atoms with Crippen LogP contribution in [0.4, 0.5) is 0 Å². The summed E-state index contributed by atoms with van der Waals surface area (Å²) in [5.74, 6) is 0.817. The normalized spacial score (nSPS) is 10.9. The summed E-state index contributed by atoms with van der Waals surface area (Å²) in [7, 11) is 2.47. The smallest absolute Gasteiger partial charge is 0.163 e. The number of hydrogen-bond donors (Lipinski definition) is 0. The van der Waals surface area contributed by atoms with E-state index in [2.05, 4.69) is 22.9 Å². The van der Waals surface area contributed by atoms with Crippen LogP contribution in [0.15, 0.2) is 22.7 Å². The van der Waals surface area contributed by atoms with Crippen molar-refractivity contribution < 1.29 is 18.4 Å². The van der Waals surface area contributed by atoms with Gasteiger partial charge in [-0.05, 0) is 51.2 Å². The number of methoxy groups -OCH3 is 1. The summed E-state index contributed by atoms with van der Waals surface area (Å²) in [6.45, 7) is 5.05. The highest BCUT2D eigenvalue weighted by atomic mass is 79.9. The van der Waals surface area contributed by atoms with Crippen molar-refractivity contribution >= 4 is 36.1 Å². The third-order valence-corrected chi connectivity index (χ3v) is 5.67. The predicted octanol–water partition coefficient (Wildman–Crippen LogP) is 4.10. The molecule has 0 spiro atoms. The Bertz CT molecular complexity index is 409. The topological polar surface area (TPSA) is 36.9 Å². The third kappa shape index (κ3) is 9.17. The minimum absolute atomic E-state index is 0.538. The first-order chi connectivity index (χ1) is 10.8. The molecule has 0 bridgehead atoms. The summed E-state index contributed by atoms with van der Waals surface area (Å²) >= 11 is 5.04. The van der Waals surface area contributed by atoms with Crippen LogP contribution >= 0.6 is 27.4 Å². The van der Waals surface area contributed by atoms with E-state index in [1.54, 1.807) is 18.6 Å². The lowest BCUT2D eigenvalue weighted by Gasteiger charge is -2.10. The molecule has 0 aliphatic heterocycles. The van der Waals surface area contributed by atoms with Crippen LogP contribution in [0.2, 0.25) is 6.04 Å². The SMILES string of the molecule is CCC[Si]SOCCOc1cc(COCCOC)ccc1Br. The second-order valence-corrected chi connectivity index (χ2v) is 7.87. The average Bonchev–Trinajstić information content (AvgIpc) is 2.53. The van der Waals surface area contributed by atoms with Gasteiger partial charge in [-0.2, -0.15) is 0 Å². The standard InChI is InChI=1S/C15H23BrO4SSi/c1-3-10-22-21-20-9-8-19-15-11-13(4-5-14(15)16)12-18-7-6-17-2/h4-5,11H,3,6-10,12H2,1-2H3. The number of benzene rings is 1. The molecule has 1 rings (SSSR count). The van der Waals surface area contributed by atoms with Crippen LogP contribution in [-0.4, -0.2) is 42.2 Å². The molecule has 1 aromatic rings. The first kappa shape index (κ1) is 20.0. The maximum Gasteiger partial charge on any atom is 0.163 e. The molecule has 0 aliphatic carbocycles. The van der Waals surface area contributed by atoms with E-state index in [4.69, 9.17) is 18.4 Å². The molecular formula is C15H23BrO4SSi. The molecule has 0 amide bonds. The largest absolute Gasteiger partial charge is 0.490 e. The summed E-state index contributed by atoms with van der Waals surface area (Å²) in [5, 5.41) is 0. The average molecular weight is 407 g/mol. The van der Waals surface area contributed by atoms with Crippen molar-refractivity contribution in [3.63, 3.8) is 0 Å². The summed E-state index contributed by atoms with van der Waals surface area (Å²) in [5.41, 5.74) is 1.08. The highest BCUT2D eigenvalue weighted by Gasteiger charge is 2.04. The highest BCUT2D eigenvalue weighted by molar-refractivity contribution is 9.10. The van der Waals surface area contributed by atoms with Gasteiger partial charge in [0.25, 0.3) is 0 Å². The molecule has 0 aliphatic rings. The Morgan fingerprint density at radius 2 is 2.05 bits per heavy atom. The number of rotatable bonds is 13. The van der Waals surface area contributed by atoms with Crippen molar-refractivity contribution in [1.82, 2.24) is 0 Å². The molecule has 0 N–H and O–H groups in total. The molecule has 1 aromatic carbocycles. The van der Waals surface area contributed by atoms with Crippen LogP contribution in [0.1, 0.15) is 18.9 Å². The Morgan fingerprint density at radius 1 is 1.18 bits per heavy atom. The van der Waals surface area contributed by atoms with E-state index in [1.165, 1.54) is 12.5 Å². The molecule has 0 heterocycles. The molecule has 2 radical (unpaired) electrons. The first-order valence-corrected chi connectivity index (χ1v) is 10.7. The van der Waals surface area contributed by atoms with Gasteiger partial charge in [-0.25, -0.2) is 0 Å². The van der Waals surface area contributed by atoms with Gasteiger partial charge >= 0.3 is 0 Å². The molecule has 124 valence electrons.